The number of alkyl halides is 3. The van der Waals surface area contributed by atoms with Crippen LogP contribution in [0, 0.1) is 0 Å². The predicted molar refractivity (Wildman–Crippen MR) is 141 cm³/mol. The summed E-state index contributed by atoms with van der Waals surface area (Å²) < 4.78 is 48.4. The number of nitrogens with zero attached hydrogens (tertiary/aromatic N) is 1. The first-order chi connectivity index (χ1) is 17.5. The van der Waals surface area contributed by atoms with Crippen LogP contribution in [0.5, 0.6) is 0 Å². The Morgan fingerprint density at radius 2 is 1.54 bits per heavy atom. The Morgan fingerprint density at radius 1 is 0.919 bits per heavy atom. The number of benzene rings is 3. The number of carbonyl (C=O) groups excluding carboxylic acids is 1. The van der Waals surface area contributed by atoms with Gasteiger partial charge in [0.05, 0.1) is 31.4 Å². The van der Waals surface area contributed by atoms with Gasteiger partial charge in [0.25, 0.3) is 0 Å². The molecule has 1 fully saturated rings. The maximum atomic E-state index is 14.2. The summed E-state index contributed by atoms with van der Waals surface area (Å²) in [4.78, 5) is 13.8. The first-order valence-electron chi connectivity index (χ1n) is 12.2. The number of urea groups is 1. The van der Waals surface area contributed by atoms with E-state index in [2.05, 4.69) is 5.32 Å². The minimum atomic E-state index is -4.54. The highest BCUT2D eigenvalue weighted by Crippen LogP contribution is 2.40. The Morgan fingerprint density at radius 3 is 2.14 bits per heavy atom. The first kappa shape index (κ1) is 26.5. The summed E-state index contributed by atoms with van der Waals surface area (Å²) in [6, 6.07) is 21.2. The van der Waals surface area contributed by atoms with Crippen LogP contribution in [0.15, 0.2) is 72.8 Å². The smallest absolute Gasteiger partial charge is 0.370 e. The third-order valence-electron chi connectivity index (χ3n) is 6.02. The molecule has 1 aliphatic rings. The van der Waals surface area contributed by atoms with Crippen molar-refractivity contribution < 1.29 is 22.7 Å². The monoisotopic (exact) mass is 508 g/mol. The van der Waals surface area contributed by atoms with E-state index in [1.54, 1.807) is 23.1 Å². The van der Waals surface area contributed by atoms with E-state index in [1.807, 2.05) is 75.4 Å². The number of nitrogens with one attached hydrogen (secondary N) is 1. The zero-order valence-corrected chi connectivity index (χ0v) is 21.2. The minimum Gasteiger partial charge on any atom is -0.370 e. The van der Waals surface area contributed by atoms with Gasteiger partial charge in [-0.1, -0.05) is 84.9 Å². The lowest BCUT2D eigenvalue weighted by atomic mass is 9.94. The second-order valence-electron chi connectivity index (χ2n) is 10.2. The number of ether oxygens (including phenoxy) is 1. The summed E-state index contributed by atoms with van der Waals surface area (Å²) in [5.74, 6) is 0. The Balaban J connectivity index is 1.46. The fourth-order valence-corrected chi connectivity index (χ4v) is 4.14. The Kier molecular flexibility index (Phi) is 7.73. The van der Waals surface area contributed by atoms with Gasteiger partial charge in [-0.3, -0.25) is 0 Å². The molecule has 0 atom stereocenters. The molecule has 1 N–H and O–H groups in total. The van der Waals surface area contributed by atoms with Crippen molar-refractivity contribution in [3.05, 3.63) is 95.1 Å². The highest BCUT2D eigenvalue weighted by molar-refractivity contribution is 5.76. The zero-order chi connectivity index (χ0) is 26.6. The van der Waals surface area contributed by atoms with Crippen LogP contribution < -0.4 is 5.32 Å². The average molecular weight is 509 g/mol. The largest absolute Gasteiger partial charge is 0.417 e. The van der Waals surface area contributed by atoms with Crippen molar-refractivity contribution in [1.82, 2.24) is 10.2 Å². The SMILES string of the molecule is CC(C)(C)NC(=O)N1CC(OCc2cccc(-c3ccc(C=Cc4ccccc4)cc3)c2C(F)(F)F)C1. The minimum absolute atomic E-state index is 0.0793. The summed E-state index contributed by atoms with van der Waals surface area (Å²) in [7, 11) is 0. The first-order valence-corrected chi connectivity index (χ1v) is 12.2. The molecule has 37 heavy (non-hydrogen) atoms. The molecule has 194 valence electrons. The van der Waals surface area contributed by atoms with Crippen molar-refractivity contribution in [3.63, 3.8) is 0 Å². The van der Waals surface area contributed by atoms with Crippen LogP contribution in [0.4, 0.5) is 18.0 Å². The molecule has 3 aromatic rings. The predicted octanol–water partition coefficient (Wildman–Crippen LogP) is 7.25. The Hall–Kier alpha value is -3.58. The second-order valence-corrected chi connectivity index (χ2v) is 10.2. The topological polar surface area (TPSA) is 41.6 Å². The van der Waals surface area contributed by atoms with Gasteiger partial charge in [-0.15, -0.1) is 0 Å². The molecular formula is C30H31F3N2O2. The molecule has 0 spiro atoms. The van der Waals surface area contributed by atoms with Gasteiger partial charge in [-0.25, -0.2) is 4.79 Å². The lowest BCUT2D eigenvalue weighted by molar-refractivity contribution is -0.139. The highest BCUT2D eigenvalue weighted by atomic mass is 19.4. The van der Waals surface area contributed by atoms with E-state index in [9.17, 15) is 18.0 Å². The van der Waals surface area contributed by atoms with Gasteiger partial charge < -0.3 is 15.0 Å². The number of rotatable bonds is 6. The van der Waals surface area contributed by atoms with Crippen LogP contribution in [0.1, 0.15) is 43.0 Å². The van der Waals surface area contributed by atoms with E-state index in [-0.39, 0.29) is 35.4 Å². The molecule has 7 heteroatoms. The quantitative estimate of drug-likeness (QED) is 0.356. The van der Waals surface area contributed by atoms with Gasteiger partial charge in [0.15, 0.2) is 0 Å². The molecular weight excluding hydrogens is 477 g/mol. The molecule has 1 heterocycles. The van der Waals surface area contributed by atoms with E-state index < -0.39 is 11.7 Å². The molecule has 3 aromatic carbocycles. The molecule has 1 aliphatic heterocycles. The summed E-state index contributed by atoms with van der Waals surface area (Å²) in [6.45, 7) is 6.18. The van der Waals surface area contributed by atoms with Crippen LogP contribution in [0.3, 0.4) is 0 Å². The van der Waals surface area contributed by atoms with Gasteiger partial charge in [0.1, 0.15) is 0 Å². The molecule has 4 rings (SSSR count). The molecule has 0 radical (unpaired) electrons. The third-order valence-corrected chi connectivity index (χ3v) is 6.02. The van der Waals surface area contributed by atoms with Crippen LogP contribution in [0.2, 0.25) is 0 Å². The fourth-order valence-electron chi connectivity index (χ4n) is 4.14. The summed E-state index contributed by atoms with van der Waals surface area (Å²) in [5.41, 5.74) is 1.57. The lowest BCUT2D eigenvalue weighted by Gasteiger charge is -2.40. The summed E-state index contributed by atoms with van der Waals surface area (Å²) in [5, 5.41) is 2.87. The molecule has 4 nitrogen and oxygen atoms in total. The van der Waals surface area contributed by atoms with Gasteiger partial charge in [0.2, 0.25) is 0 Å². The molecule has 0 unspecified atom stereocenters. The van der Waals surface area contributed by atoms with E-state index in [1.165, 1.54) is 12.1 Å². The number of likely N-dealkylation sites (tertiary alicyclic amines) is 1. The van der Waals surface area contributed by atoms with E-state index in [0.717, 1.165) is 11.1 Å². The highest BCUT2D eigenvalue weighted by Gasteiger charge is 2.37. The maximum Gasteiger partial charge on any atom is 0.417 e. The van der Waals surface area contributed by atoms with Gasteiger partial charge in [0, 0.05) is 5.54 Å². The second kappa shape index (κ2) is 10.8. The number of hydrogen-bond acceptors (Lipinski definition) is 2. The van der Waals surface area contributed by atoms with Crippen LogP contribution in [0.25, 0.3) is 23.3 Å². The summed E-state index contributed by atoms with van der Waals surface area (Å²) in [6.07, 6.45) is -0.953. The zero-order valence-electron chi connectivity index (χ0n) is 21.2. The van der Waals surface area contributed by atoms with Gasteiger partial charge in [-0.05, 0) is 48.6 Å². The Labute approximate surface area is 215 Å². The van der Waals surface area contributed by atoms with Crippen molar-refractivity contribution in [2.75, 3.05) is 13.1 Å². The van der Waals surface area contributed by atoms with Crippen molar-refractivity contribution in [3.8, 4) is 11.1 Å². The summed E-state index contributed by atoms with van der Waals surface area (Å²) >= 11 is 0. The van der Waals surface area contributed by atoms with E-state index in [0.29, 0.717) is 18.7 Å². The van der Waals surface area contributed by atoms with Crippen LogP contribution >= 0.6 is 0 Å². The van der Waals surface area contributed by atoms with Crippen molar-refractivity contribution in [2.45, 2.75) is 45.2 Å². The number of hydrogen-bond donors (Lipinski definition) is 1. The van der Waals surface area contributed by atoms with Crippen LogP contribution in [-0.2, 0) is 17.5 Å². The van der Waals surface area contributed by atoms with Gasteiger partial charge >= 0.3 is 12.2 Å². The number of amides is 2. The molecule has 0 bridgehead atoms. The van der Waals surface area contributed by atoms with E-state index in [4.69, 9.17) is 4.74 Å². The van der Waals surface area contributed by atoms with Gasteiger partial charge in [-0.2, -0.15) is 13.2 Å². The lowest BCUT2D eigenvalue weighted by Crippen LogP contribution is -2.60. The molecule has 0 aliphatic carbocycles. The van der Waals surface area contributed by atoms with Crippen molar-refractivity contribution in [1.29, 1.82) is 0 Å². The van der Waals surface area contributed by atoms with E-state index >= 15 is 0 Å². The normalized spacial score (nSPS) is 14.6. The van der Waals surface area contributed by atoms with Crippen molar-refractivity contribution in [2.24, 2.45) is 0 Å². The third kappa shape index (κ3) is 7.01. The number of halogens is 3. The molecule has 0 aromatic heterocycles. The van der Waals surface area contributed by atoms with Crippen LogP contribution in [-0.4, -0.2) is 35.7 Å². The Bertz CT molecular complexity index is 1240. The molecule has 2 amide bonds. The van der Waals surface area contributed by atoms with Crippen molar-refractivity contribution >= 4 is 18.2 Å². The number of carbonyl (C=O) groups is 1. The fraction of sp³-hybridized carbons (Fsp3) is 0.300. The molecule has 0 saturated carbocycles. The standard InChI is InChI=1S/C30H31F3N2O2/c1-29(2,3)34-28(36)35-18-25(19-35)37-20-24-10-7-11-26(27(24)30(31,32)33)23-16-14-22(15-17-23)13-12-21-8-5-4-6-9-21/h4-17,25H,18-20H2,1-3H3,(H,34,36). The molecule has 1 saturated heterocycles. The average Bonchev–Trinajstić information content (AvgIpc) is 2.81. The maximum absolute atomic E-state index is 14.2.